The van der Waals surface area contributed by atoms with Crippen LogP contribution in [-0.4, -0.2) is 61.7 Å². The van der Waals surface area contributed by atoms with Gasteiger partial charge in [-0.25, -0.2) is 0 Å². The van der Waals surface area contributed by atoms with Gasteiger partial charge in [0.1, 0.15) is 18.3 Å². The van der Waals surface area contributed by atoms with Crippen molar-refractivity contribution >= 4 is 7.60 Å². The molecule has 2 fully saturated rings. The Morgan fingerprint density at radius 3 is 2.09 bits per heavy atom. The van der Waals surface area contributed by atoms with Gasteiger partial charge in [0, 0.05) is 14.2 Å². The van der Waals surface area contributed by atoms with Crippen LogP contribution in [0.4, 0.5) is 0 Å². The van der Waals surface area contributed by atoms with E-state index >= 15 is 0 Å². The van der Waals surface area contributed by atoms with Crippen LogP contribution in [0.15, 0.2) is 60.7 Å². The Bertz CT molecular complexity index is 995. The van der Waals surface area contributed by atoms with Crippen LogP contribution in [0.5, 0.6) is 0 Å². The second kappa shape index (κ2) is 10.8. The topological polar surface area (TPSA) is 102 Å². The largest absolute Gasteiger partial charge is 0.374 e. The summed E-state index contributed by atoms with van der Waals surface area (Å²) in [5.41, 5.74) is 1.80. The third-order valence-electron chi connectivity index (χ3n) is 6.11. The highest BCUT2D eigenvalue weighted by Crippen LogP contribution is 2.62. The van der Waals surface area contributed by atoms with E-state index in [0.717, 1.165) is 11.1 Å². The number of ether oxygens (including phenoxy) is 5. The molecular weight excluding hydrogens is 475 g/mol. The third-order valence-corrected chi connectivity index (χ3v) is 8.41. The Morgan fingerprint density at radius 2 is 1.51 bits per heavy atom. The summed E-state index contributed by atoms with van der Waals surface area (Å²) in [7, 11) is -1.75. The van der Waals surface area contributed by atoms with Gasteiger partial charge in [0.2, 0.25) is 5.34 Å². The van der Waals surface area contributed by atoms with Crippen molar-refractivity contribution in [3.8, 4) is 0 Å². The van der Waals surface area contributed by atoms with Crippen LogP contribution in [0.3, 0.4) is 0 Å². The van der Waals surface area contributed by atoms with Gasteiger partial charge in [-0.15, -0.1) is 0 Å². The van der Waals surface area contributed by atoms with Crippen molar-refractivity contribution in [2.75, 3.05) is 20.8 Å². The molecule has 0 saturated carbocycles. The zero-order valence-corrected chi connectivity index (χ0v) is 21.3. The molecule has 9 nitrogen and oxygen atoms in total. The number of rotatable bonds is 11. The number of hydrogen-bond acceptors (Lipinski definition) is 9. The molecule has 2 saturated heterocycles. The van der Waals surface area contributed by atoms with Crippen LogP contribution in [0, 0.1) is 0 Å². The van der Waals surface area contributed by atoms with E-state index < -0.39 is 49.9 Å². The number of aliphatic hydroxyl groups is 1. The lowest BCUT2D eigenvalue weighted by Crippen LogP contribution is -2.54. The second-order valence-electron chi connectivity index (χ2n) is 9.01. The van der Waals surface area contributed by atoms with Gasteiger partial charge in [-0.05, 0) is 25.0 Å². The molecular formula is C25H33O9P. The first-order valence-electron chi connectivity index (χ1n) is 11.4. The SMILES string of the molecule is COP(=O)(OC)[C@@](O)(COCc1ccccc1)[C@H]1O[C@@H]2OC(C)(C)O[C@@H]2[C@@H]1OCc1ccccc1. The number of hydrogen-bond donors (Lipinski definition) is 1. The van der Waals surface area contributed by atoms with Gasteiger partial charge < -0.3 is 37.8 Å². The monoisotopic (exact) mass is 508 g/mol. The minimum Gasteiger partial charge on any atom is -0.374 e. The first-order valence-corrected chi connectivity index (χ1v) is 13.0. The van der Waals surface area contributed by atoms with Crippen LogP contribution >= 0.6 is 7.60 Å². The molecule has 4 rings (SSSR count). The van der Waals surface area contributed by atoms with Gasteiger partial charge in [0.25, 0.3) is 0 Å². The minimum absolute atomic E-state index is 0.172. The zero-order valence-electron chi connectivity index (χ0n) is 20.4. The summed E-state index contributed by atoms with van der Waals surface area (Å²) in [6, 6.07) is 19.0. The lowest BCUT2D eigenvalue weighted by atomic mass is 10.0. The summed E-state index contributed by atoms with van der Waals surface area (Å²) in [5, 5.41) is 9.69. The molecule has 192 valence electrons. The van der Waals surface area contributed by atoms with E-state index in [1.807, 2.05) is 60.7 Å². The molecule has 5 atom stereocenters. The van der Waals surface area contributed by atoms with Crippen molar-refractivity contribution in [3.63, 3.8) is 0 Å². The third kappa shape index (κ3) is 5.54. The molecule has 2 aromatic rings. The molecule has 0 amide bonds. The molecule has 2 aromatic carbocycles. The molecule has 0 aliphatic carbocycles. The van der Waals surface area contributed by atoms with Crippen LogP contribution < -0.4 is 0 Å². The highest BCUT2D eigenvalue weighted by atomic mass is 31.2. The molecule has 2 heterocycles. The zero-order chi connectivity index (χ0) is 25.1. The van der Waals surface area contributed by atoms with E-state index in [9.17, 15) is 9.67 Å². The van der Waals surface area contributed by atoms with E-state index in [0.29, 0.717) is 0 Å². The first-order chi connectivity index (χ1) is 16.7. The molecule has 1 N–H and O–H groups in total. The summed E-state index contributed by atoms with van der Waals surface area (Å²) in [6.07, 6.45) is -3.58. The molecule has 0 aromatic heterocycles. The Kier molecular flexibility index (Phi) is 8.12. The predicted molar refractivity (Wildman–Crippen MR) is 126 cm³/mol. The van der Waals surface area contributed by atoms with E-state index in [4.69, 9.17) is 32.7 Å². The Balaban J connectivity index is 1.61. The fourth-order valence-corrected chi connectivity index (χ4v) is 5.95. The predicted octanol–water partition coefficient (Wildman–Crippen LogP) is 3.84. The van der Waals surface area contributed by atoms with E-state index in [1.165, 1.54) is 14.2 Å². The highest BCUT2D eigenvalue weighted by Gasteiger charge is 2.67. The van der Waals surface area contributed by atoms with Crippen molar-refractivity contribution in [2.45, 2.75) is 62.8 Å². The Morgan fingerprint density at radius 1 is 0.943 bits per heavy atom. The Hall–Kier alpha value is -1.65. The van der Waals surface area contributed by atoms with Crippen molar-refractivity contribution < 1.29 is 42.4 Å². The summed E-state index contributed by atoms with van der Waals surface area (Å²) >= 11 is 0. The number of fused-ring (bicyclic) bond motifs is 1. The lowest BCUT2D eigenvalue weighted by molar-refractivity contribution is -0.240. The van der Waals surface area contributed by atoms with Gasteiger partial charge in [-0.1, -0.05) is 60.7 Å². The van der Waals surface area contributed by atoms with Gasteiger partial charge >= 0.3 is 7.60 Å². The normalized spacial score (nSPS) is 27.5. The van der Waals surface area contributed by atoms with Gasteiger partial charge in [-0.3, -0.25) is 4.57 Å². The summed E-state index contributed by atoms with van der Waals surface area (Å²) < 4.78 is 54.2. The van der Waals surface area contributed by atoms with Crippen LogP contribution in [0.1, 0.15) is 25.0 Å². The lowest BCUT2D eigenvalue weighted by Gasteiger charge is -2.39. The minimum atomic E-state index is -4.16. The molecule has 35 heavy (non-hydrogen) atoms. The molecule has 0 spiro atoms. The van der Waals surface area contributed by atoms with Crippen LogP contribution in [0.25, 0.3) is 0 Å². The van der Waals surface area contributed by atoms with E-state index in [1.54, 1.807) is 13.8 Å². The quantitative estimate of drug-likeness (QED) is 0.454. The average molecular weight is 509 g/mol. The molecule has 2 aliphatic heterocycles. The van der Waals surface area contributed by atoms with Crippen molar-refractivity contribution in [1.82, 2.24) is 0 Å². The fourth-order valence-electron chi connectivity index (χ4n) is 4.40. The van der Waals surface area contributed by atoms with Gasteiger partial charge in [-0.2, -0.15) is 0 Å². The van der Waals surface area contributed by atoms with Crippen molar-refractivity contribution in [1.29, 1.82) is 0 Å². The fraction of sp³-hybridized carbons (Fsp3) is 0.520. The number of benzene rings is 2. The smallest absolute Gasteiger partial charge is 0.366 e. The molecule has 0 unspecified atom stereocenters. The maximum atomic E-state index is 13.7. The van der Waals surface area contributed by atoms with Crippen molar-refractivity contribution in [2.24, 2.45) is 0 Å². The van der Waals surface area contributed by atoms with Gasteiger partial charge in [0.15, 0.2) is 12.1 Å². The standard InChI is InChI=1S/C25H33O9P/c1-24(2)33-21-20(31-16-19-13-9-6-10-14-19)22(32-23(21)34-24)25(26,35(27,28-3)29-4)17-30-15-18-11-7-5-8-12-18/h5-14,20-23,26H,15-17H2,1-4H3/t20-,21+,22-,23+,25-/m0/s1. The molecule has 0 radical (unpaired) electrons. The highest BCUT2D eigenvalue weighted by molar-refractivity contribution is 7.55. The maximum Gasteiger partial charge on any atom is 0.366 e. The summed E-state index contributed by atoms with van der Waals surface area (Å²) in [4.78, 5) is 0. The molecule has 2 aliphatic rings. The van der Waals surface area contributed by atoms with E-state index in [2.05, 4.69) is 0 Å². The Labute approximate surface area is 205 Å². The first kappa shape index (κ1) is 26.4. The molecule has 0 bridgehead atoms. The van der Waals surface area contributed by atoms with E-state index in [-0.39, 0.29) is 13.2 Å². The second-order valence-corrected chi connectivity index (χ2v) is 11.5. The van der Waals surface area contributed by atoms with Crippen molar-refractivity contribution in [3.05, 3.63) is 71.8 Å². The average Bonchev–Trinajstić information content (AvgIpc) is 3.35. The summed E-state index contributed by atoms with van der Waals surface area (Å²) in [5.74, 6) is -0.914. The van der Waals surface area contributed by atoms with Gasteiger partial charge in [0.05, 0.1) is 19.8 Å². The van der Waals surface area contributed by atoms with Crippen LogP contribution in [-0.2, 0) is 50.5 Å². The van der Waals surface area contributed by atoms with Crippen LogP contribution in [0.2, 0.25) is 0 Å². The summed E-state index contributed by atoms with van der Waals surface area (Å²) in [6.45, 7) is 3.51. The molecule has 10 heteroatoms. The maximum absolute atomic E-state index is 13.7.